The zero-order valence-electron chi connectivity index (χ0n) is 13.6. The fourth-order valence-electron chi connectivity index (χ4n) is 2.88. The number of aromatic nitrogens is 2. The third kappa shape index (κ3) is 3.95. The van der Waals surface area contributed by atoms with E-state index in [-0.39, 0.29) is 5.91 Å². The smallest absolute Gasteiger partial charge is 0.228 e. The number of hydrogen-bond donors (Lipinski definition) is 0. The lowest BCUT2D eigenvalue weighted by molar-refractivity contribution is -0.132. The Morgan fingerprint density at radius 2 is 2.22 bits per heavy atom. The molecule has 0 N–H and O–H groups in total. The summed E-state index contributed by atoms with van der Waals surface area (Å²) < 4.78 is 0. The lowest BCUT2D eigenvalue weighted by Crippen LogP contribution is -2.45. The van der Waals surface area contributed by atoms with Gasteiger partial charge >= 0.3 is 0 Å². The monoisotopic (exact) mass is 330 g/mol. The highest BCUT2D eigenvalue weighted by atomic mass is 32.1. The molecule has 2 aromatic rings. The molecular formula is C17H22N4OS. The highest BCUT2D eigenvalue weighted by Gasteiger charge is 2.24. The van der Waals surface area contributed by atoms with Crippen molar-refractivity contribution < 1.29 is 4.79 Å². The Kier molecular flexibility index (Phi) is 5.03. The van der Waals surface area contributed by atoms with E-state index in [0.717, 1.165) is 42.2 Å². The van der Waals surface area contributed by atoms with E-state index in [9.17, 15) is 4.79 Å². The summed E-state index contributed by atoms with van der Waals surface area (Å²) in [7, 11) is 4.06. The van der Waals surface area contributed by atoms with Gasteiger partial charge < -0.3 is 9.80 Å². The lowest BCUT2D eigenvalue weighted by Gasteiger charge is -2.35. The summed E-state index contributed by atoms with van der Waals surface area (Å²) in [6.07, 6.45) is 6.03. The molecule has 0 bridgehead atoms. The van der Waals surface area contributed by atoms with E-state index in [1.807, 2.05) is 29.5 Å². The normalized spacial score (nSPS) is 16.4. The lowest BCUT2D eigenvalue weighted by atomic mass is 10.0. The van der Waals surface area contributed by atoms with E-state index in [0.29, 0.717) is 12.5 Å². The summed E-state index contributed by atoms with van der Waals surface area (Å²) in [6.45, 7) is 2.12. The highest BCUT2D eigenvalue weighted by Crippen LogP contribution is 2.23. The fourth-order valence-corrected chi connectivity index (χ4v) is 3.69. The van der Waals surface area contributed by atoms with E-state index >= 15 is 0 Å². The molecule has 1 saturated heterocycles. The third-order valence-electron chi connectivity index (χ3n) is 4.42. The van der Waals surface area contributed by atoms with Crippen LogP contribution < -0.4 is 0 Å². The molecule has 3 heterocycles. The molecular weight excluding hydrogens is 308 g/mol. The number of nitrogens with zero attached hydrogens (tertiary/aromatic N) is 4. The Bertz CT molecular complexity index is 650. The largest absolute Gasteiger partial charge is 0.342 e. The minimum absolute atomic E-state index is 0.155. The number of amides is 1. The maximum Gasteiger partial charge on any atom is 0.228 e. The van der Waals surface area contributed by atoms with Crippen LogP contribution in [0.3, 0.4) is 0 Å². The molecule has 1 aliphatic rings. The Morgan fingerprint density at radius 1 is 1.43 bits per heavy atom. The SMILES string of the molecule is CN1CCC(N(C)C(=O)Cc2csc(-c3cccnc3)n2)CC1. The second-order valence-corrected chi connectivity index (χ2v) is 6.96. The van der Waals surface area contributed by atoms with Crippen LogP contribution in [0.2, 0.25) is 0 Å². The molecule has 5 nitrogen and oxygen atoms in total. The van der Waals surface area contributed by atoms with Crippen LogP contribution in [0.5, 0.6) is 0 Å². The quantitative estimate of drug-likeness (QED) is 0.863. The van der Waals surface area contributed by atoms with Crippen LogP contribution in [0, 0.1) is 0 Å². The topological polar surface area (TPSA) is 49.3 Å². The van der Waals surface area contributed by atoms with Gasteiger partial charge in [-0.3, -0.25) is 9.78 Å². The molecule has 0 unspecified atom stereocenters. The van der Waals surface area contributed by atoms with Crippen LogP contribution in [0.1, 0.15) is 18.5 Å². The Morgan fingerprint density at radius 3 is 2.91 bits per heavy atom. The predicted molar refractivity (Wildman–Crippen MR) is 92.3 cm³/mol. The first-order chi connectivity index (χ1) is 11.1. The summed E-state index contributed by atoms with van der Waals surface area (Å²) in [5.41, 5.74) is 1.85. The van der Waals surface area contributed by atoms with E-state index in [4.69, 9.17) is 0 Å². The van der Waals surface area contributed by atoms with Crippen LogP contribution in [-0.4, -0.2) is 58.9 Å². The second-order valence-electron chi connectivity index (χ2n) is 6.10. The fraction of sp³-hybridized carbons (Fsp3) is 0.471. The summed E-state index contributed by atoms with van der Waals surface area (Å²) in [6, 6.07) is 4.24. The molecule has 122 valence electrons. The van der Waals surface area contributed by atoms with Gasteiger partial charge in [0.25, 0.3) is 0 Å². The standard InChI is InChI=1S/C17H22N4OS/c1-20-8-5-15(6-9-20)21(2)16(22)10-14-12-23-17(19-14)13-4-3-7-18-11-13/h3-4,7,11-12,15H,5-6,8-10H2,1-2H3. The van der Waals surface area contributed by atoms with Gasteiger partial charge in [0.05, 0.1) is 12.1 Å². The Labute approximate surface area is 141 Å². The van der Waals surface area contributed by atoms with Gasteiger partial charge in [0, 0.05) is 36.4 Å². The highest BCUT2D eigenvalue weighted by molar-refractivity contribution is 7.13. The van der Waals surface area contributed by atoms with Gasteiger partial charge in [-0.25, -0.2) is 4.98 Å². The van der Waals surface area contributed by atoms with Crippen molar-refractivity contribution in [2.45, 2.75) is 25.3 Å². The summed E-state index contributed by atoms with van der Waals surface area (Å²) >= 11 is 1.56. The average molecular weight is 330 g/mol. The molecule has 23 heavy (non-hydrogen) atoms. The van der Waals surface area contributed by atoms with Gasteiger partial charge in [-0.1, -0.05) is 0 Å². The minimum atomic E-state index is 0.155. The number of likely N-dealkylation sites (N-methyl/N-ethyl adjacent to an activating group) is 1. The number of hydrogen-bond acceptors (Lipinski definition) is 5. The molecule has 0 aromatic carbocycles. The molecule has 1 aliphatic heterocycles. The van der Waals surface area contributed by atoms with Crippen molar-refractivity contribution in [3.63, 3.8) is 0 Å². The summed E-state index contributed by atoms with van der Waals surface area (Å²) in [4.78, 5) is 25.4. The van der Waals surface area contributed by atoms with Crippen LogP contribution in [-0.2, 0) is 11.2 Å². The number of thiazole rings is 1. The van der Waals surface area contributed by atoms with Crippen LogP contribution in [0.25, 0.3) is 10.6 Å². The van der Waals surface area contributed by atoms with Crippen LogP contribution in [0.4, 0.5) is 0 Å². The van der Waals surface area contributed by atoms with Gasteiger partial charge in [0.2, 0.25) is 5.91 Å². The zero-order valence-corrected chi connectivity index (χ0v) is 14.4. The van der Waals surface area contributed by atoms with E-state index in [2.05, 4.69) is 21.9 Å². The van der Waals surface area contributed by atoms with Crippen molar-refractivity contribution in [3.05, 3.63) is 35.6 Å². The number of carbonyl (C=O) groups is 1. The average Bonchev–Trinajstić information content (AvgIpc) is 3.04. The molecule has 1 amide bonds. The van der Waals surface area contributed by atoms with Gasteiger partial charge in [-0.15, -0.1) is 11.3 Å². The first kappa shape index (κ1) is 16.1. The van der Waals surface area contributed by atoms with Crippen LogP contribution >= 0.6 is 11.3 Å². The van der Waals surface area contributed by atoms with Gasteiger partial charge in [0.15, 0.2) is 0 Å². The van der Waals surface area contributed by atoms with Gasteiger partial charge in [-0.2, -0.15) is 0 Å². The minimum Gasteiger partial charge on any atom is -0.342 e. The maximum atomic E-state index is 12.5. The number of piperidine rings is 1. The third-order valence-corrected chi connectivity index (χ3v) is 5.36. The van der Waals surface area contributed by atoms with Crippen molar-refractivity contribution in [1.29, 1.82) is 0 Å². The predicted octanol–water partition coefficient (Wildman–Crippen LogP) is 2.30. The molecule has 0 atom stereocenters. The first-order valence-corrected chi connectivity index (χ1v) is 8.80. The van der Waals surface area contributed by atoms with E-state index in [1.54, 1.807) is 23.7 Å². The zero-order chi connectivity index (χ0) is 16.2. The van der Waals surface area contributed by atoms with Crippen molar-refractivity contribution in [1.82, 2.24) is 19.8 Å². The molecule has 0 spiro atoms. The number of likely N-dealkylation sites (tertiary alicyclic amines) is 1. The van der Waals surface area contributed by atoms with E-state index < -0.39 is 0 Å². The van der Waals surface area contributed by atoms with Gasteiger partial charge in [-0.05, 0) is 45.1 Å². The molecule has 6 heteroatoms. The van der Waals surface area contributed by atoms with Crippen LogP contribution in [0.15, 0.2) is 29.9 Å². The van der Waals surface area contributed by atoms with Crippen molar-refractivity contribution >= 4 is 17.2 Å². The number of carbonyl (C=O) groups excluding carboxylic acids is 1. The summed E-state index contributed by atoms with van der Waals surface area (Å²) in [5, 5.41) is 2.89. The summed E-state index contributed by atoms with van der Waals surface area (Å²) in [5.74, 6) is 0.155. The molecule has 3 rings (SSSR count). The second kappa shape index (κ2) is 7.19. The Balaban J connectivity index is 1.61. The van der Waals surface area contributed by atoms with Crippen molar-refractivity contribution in [2.75, 3.05) is 27.2 Å². The first-order valence-electron chi connectivity index (χ1n) is 7.92. The molecule has 0 radical (unpaired) electrons. The number of rotatable bonds is 4. The number of pyridine rings is 1. The van der Waals surface area contributed by atoms with Crippen molar-refractivity contribution in [2.24, 2.45) is 0 Å². The Hall–Kier alpha value is -1.79. The molecule has 2 aromatic heterocycles. The molecule has 1 fully saturated rings. The van der Waals surface area contributed by atoms with Crippen molar-refractivity contribution in [3.8, 4) is 10.6 Å². The molecule has 0 saturated carbocycles. The maximum absolute atomic E-state index is 12.5. The molecule has 0 aliphatic carbocycles. The van der Waals surface area contributed by atoms with E-state index in [1.165, 1.54) is 0 Å². The van der Waals surface area contributed by atoms with Gasteiger partial charge in [0.1, 0.15) is 5.01 Å².